The number of hydrogen-bond donors (Lipinski definition) is 2. The van der Waals surface area contributed by atoms with Crippen LogP contribution in [0, 0.1) is 0 Å². The number of amides is 2. The molecule has 4 nitrogen and oxygen atoms in total. The van der Waals surface area contributed by atoms with Crippen LogP contribution >= 0.6 is 0 Å². The van der Waals surface area contributed by atoms with Gasteiger partial charge in [-0.05, 0) is 31.0 Å². The van der Waals surface area contributed by atoms with Gasteiger partial charge in [0, 0.05) is 23.7 Å². The highest BCUT2D eigenvalue weighted by Gasteiger charge is 2.16. The minimum Gasteiger partial charge on any atom is -0.349 e. The van der Waals surface area contributed by atoms with E-state index in [0.29, 0.717) is 17.7 Å². The molecule has 0 bridgehead atoms. The smallest absolute Gasteiger partial charge is 0.251 e. The molecule has 4 heteroatoms. The third-order valence-electron chi connectivity index (χ3n) is 3.92. The van der Waals surface area contributed by atoms with Crippen molar-refractivity contribution < 1.29 is 9.59 Å². The second-order valence-corrected chi connectivity index (χ2v) is 5.64. The van der Waals surface area contributed by atoms with Crippen LogP contribution in [0.3, 0.4) is 0 Å². The van der Waals surface area contributed by atoms with Gasteiger partial charge < -0.3 is 10.6 Å². The van der Waals surface area contributed by atoms with Crippen LogP contribution in [0.1, 0.15) is 62.2 Å². The first-order chi connectivity index (χ1) is 10.2. The zero-order chi connectivity index (χ0) is 15.1. The fourth-order valence-corrected chi connectivity index (χ4v) is 2.68. The molecule has 0 spiro atoms. The second kappa shape index (κ2) is 7.81. The Morgan fingerprint density at radius 2 is 1.86 bits per heavy atom. The molecular formula is C17H24N2O2. The quantitative estimate of drug-likeness (QED) is 0.833. The summed E-state index contributed by atoms with van der Waals surface area (Å²) in [5.74, 6) is -0.0918. The second-order valence-electron chi connectivity index (χ2n) is 5.64. The van der Waals surface area contributed by atoms with Gasteiger partial charge in [0.15, 0.2) is 0 Å². The van der Waals surface area contributed by atoms with E-state index >= 15 is 0 Å². The van der Waals surface area contributed by atoms with Gasteiger partial charge in [-0.3, -0.25) is 9.59 Å². The van der Waals surface area contributed by atoms with Crippen LogP contribution in [0.25, 0.3) is 0 Å². The molecule has 1 fully saturated rings. The van der Waals surface area contributed by atoms with Crippen LogP contribution < -0.4 is 10.6 Å². The molecule has 0 heterocycles. The normalized spacial score (nSPS) is 16.0. The topological polar surface area (TPSA) is 58.2 Å². The highest BCUT2D eigenvalue weighted by Crippen LogP contribution is 2.18. The van der Waals surface area contributed by atoms with Crippen molar-refractivity contribution in [2.45, 2.75) is 57.9 Å². The van der Waals surface area contributed by atoms with Gasteiger partial charge in [-0.1, -0.05) is 38.7 Å². The molecule has 2 rings (SSSR count). The molecule has 0 radical (unpaired) electrons. The molecule has 1 saturated carbocycles. The Morgan fingerprint density at radius 3 is 2.52 bits per heavy atom. The highest BCUT2D eigenvalue weighted by molar-refractivity contribution is 5.97. The number of carbonyl (C=O) groups is 2. The van der Waals surface area contributed by atoms with Crippen molar-refractivity contribution >= 4 is 17.5 Å². The number of nitrogens with one attached hydrogen (secondary N) is 2. The first kappa shape index (κ1) is 15.5. The summed E-state index contributed by atoms with van der Waals surface area (Å²) < 4.78 is 0. The van der Waals surface area contributed by atoms with Crippen LogP contribution in [0.4, 0.5) is 5.69 Å². The van der Waals surface area contributed by atoms with Gasteiger partial charge in [0.1, 0.15) is 0 Å². The Morgan fingerprint density at radius 1 is 1.14 bits per heavy atom. The van der Waals surface area contributed by atoms with Crippen LogP contribution in [-0.2, 0) is 4.79 Å². The van der Waals surface area contributed by atoms with Crippen LogP contribution in [0.5, 0.6) is 0 Å². The van der Waals surface area contributed by atoms with E-state index in [1.807, 2.05) is 0 Å². The lowest BCUT2D eigenvalue weighted by Crippen LogP contribution is -2.34. The third kappa shape index (κ3) is 4.88. The summed E-state index contributed by atoms with van der Waals surface area (Å²) in [6, 6.07) is 7.41. The minimum atomic E-state index is -0.0468. The highest BCUT2D eigenvalue weighted by atomic mass is 16.2. The summed E-state index contributed by atoms with van der Waals surface area (Å²) >= 11 is 0. The van der Waals surface area contributed by atoms with E-state index in [4.69, 9.17) is 0 Å². The summed E-state index contributed by atoms with van der Waals surface area (Å²) in [5.41, 5.74) is 1.28. The molecule has 21 heavy (non-hydrogen) atoms. The van der Waals surface area contributed by atoms with E-state index in [1.54, 1.807) is 31.2 Å². The average Bonchev–Trinajstić information content (AvgIpc) is 2.76. The third-order valence-corrected chi connectivity index (χ3v) is 3.92. The van der Waals surface area contributed by atoms with Crippen LogP contribution in [0.2, 0.25) is 0 Å². The number of anilines is 1. The van der Waals surface area contributed by atoms with E-state index < -0.39 is 0 Å². The van der Waals surface area contributed by atoms with E-state index in [-0.39, 0.29) is 17.9 Å². The molecule has 1 aromatic rings. The number of hydrogen-bond acceptors (Lipinski definition) is 2. The lowest BCUT2D eigenvalue weighted by Gasteiger charge is -2.16. The zero-order valence-corrected chi connectivity index (χ0v) is 12.7. The largest absolute Gasteiger partial charge is 0.349 e. The van der Waals surface area contributed by atoms with Crippen LogP contribution in [-0.4, -0.2) is 17.9 Å². The van der Waals surface area contributed by atoms with Crippen molar-refractivity contribution in [3.05, 3.63) is 29.8 Å². The molecule has 2 N–H and O–H groups in total. The standard InChI is InChI=1S/C17H24N2O2/c1-2-16(20)18-15-11-7-8-13(12-15)17(21)19-14-9-5-3-4-6-10-14/h7-8,11-12,14H,2-6,9-10H2,1H3,(H,18,20)(H,19,21). The summed E-state index contributed by atoms with van der Waals surface area (Å²) in [5, 5.41) is 5.90. The van der Waals surface area contributed by atoms with Gasteiger partial charge >= 0.3 is 0 Å². The van der Waals surface area contributed by atoms with E-state index in [1.165, 1.54) is 25.7 Å². The first-order valence-corrected chi connectivity index (χ1v) is 7.90. The Balaban J connectivity index is 1.98. The van der Waals surface area contributed by atoms with Crippen molar-refractivity contribution in [2.24, 2.45) is 0 Å². The van der Waals surface area contributed by atoms with Gasteiger partial charge in [-0.25, -0.2) is 0 Å². The molecule has 0 unspecified atom stereocenters. The molecule has 1 aromatic carbocycles. The summed E-state index contributed by atoms with van der Waals surface area (Å²) in [7, 11) is 0. The molecular weight excluding hydrogens is 264 g/mol. The van der Waals surface area contributed by atoms with Gasteiger partial charge in [0.2, 0.25) is 5.91 Å². The van der Waals surface area contributed by atoms with Gasteiger partial charge in [0.05, 0.1) is 0 Å². The molecule has 0 aliphatic heterocycles. The monoisotopic (exact) mass is 288 g/mol. The number of benzene rings is 1. The summed E-state index contributed by atoms with van der Waals surface area (Å²) in [6.07, 6.45) is 7.49. The van der Waals surface area contributed by atoms with Gasteiger partial charge in [-0.2, -0.15) is 0 Å². The van der Waals surface area contributed by atoms with E-state index in [9.17, 15) is 9.59 Å². The maximum Gasteiger partial charge on any atom is 0.251 e. The zero-order valence-electron chi connectivity index (χ0n) is 12.7. The Bertz CT molecular complexity index is 491. The summed E-state index contributed by atoms with van der Waals surface area (Å²) in [6.45, 7) is 1.80. The van der Waals surface area contributed by atoms with E-state index in [2.05, 4.69) is 10.6 Å². The predicted molar refractivity (Wildman–Crippen MR) is 84.3 cm³/mol. The van der Waals surface area contributed by atoms with Crippen molar-refractivity contribution in [2.75, 3.05) is 5.32 Å². The maximum absolute atomic E-state index is 12.3. The van der Waals surface area contributed by atoms with Crippen molar-refractivity contribution in [3.63, 3.8) is 0 Å². The Kier molecular flexibility index (Phi) is 5.78. The van der Waals surface area contributed by atoms with Gasteiger partial charge in [-0.15, -0.1) is 0 Å². The maximum atomic E-state index is 12.3. The molecule has 1 aliphatic carbocycles. The van der Waals surface area contributed by atoms with Crippen molar-refractivity contribution in [1.29, 1.82) is 0 Å². The van der Waals surface area contributed by atoms with Crippen molar-refractivity contribution in [1.82, 2.24) is 5.32 Å². The Labute approximate surface area is 126 Å². The Hall–Kier alpha value is -1.84. The molecule has 0 atom stereocenters. The summed E-state index contributed by atoms with van der Waals surface area (Å²) in [4.78, 5) is 23.7. The number of rotatable bonds is 4. The lowest BCUT2D eigenvalue weighted by atomic mass is 10.1. The minimum absolute atomic E-state index is 0.0451. The first-order valence-electron chi connectivity index (χ1n) is 7.90. The van der Waals surface area contributed by atoms with Gasteiger partial charge in [0.25, 0.3) is 5.91 Å². The molecule has 0 aromatic heterocycles. The van der Waals surface area contributed by atoms with Crippen molar-refractivity contribution in [3.8, 4) is 0 Å². The fourth-order valence-electron chi connectivity index (χ4n) is 2.68. The molecule has 2 amide bonds. The molecule has 1 aliphatic rings. The molecule has 114 valence electrons. The molecule has 0 saturated heterocycles. The van der Waals surface area contributed by atoms with E-state index in [0.717, 1.165) is 12.8 Å². The average molecular weight is 288 g/mol. The predicted octanol–water partition coefficient (Wildman–Crippen LogP) is 3.49. The van der Waals surface area contributed by atoms with Crippen LogP contribution in [0.15, 0.2) is 24.3 Å². The fraction of sp³-hybridized carbons (Fsp3) is 0.529. The SMILES string of the molecule is CCC(=O)Nc1cccc(C(=O)NC2CCCCCC2)c1. The number of carbonyl (C=O) groups excluding carboxylic acids is 2. The lowest BCUT2D eigenvalue weighted by molar-refractivity contribution is -0.115.